The topological polar surface area (TPSA) is 47.0 Å². The average molecular weight is 339 g/mol. The molecule has 3 atom stereocenters. The second-order valence-corrected chi connectivity index (χ2v) is 7.58. The van der Waals surface area contributed by atoms with Gasteiger partial charge in [0.05, 0.1) is 5.69 Å². The third-order valence-corrected chi connectivity index (χ3v) is 5.49. The summed E-state index contributed by atoms with van der Waals surface area (Å²) < 4.78 is 6.21. The molecule has 1 N–H and O–H groups in total. The number of pyridine rings is 2. The van der Waals surface area contributed by atoms with Crippen molar-refractivity contribution in [1.82, 2.24) is 9.97 Å². The predicted octanol–water partition coefficient (Wildman–Crippen LogP) is 5.15. The number of nitrogens with zero attached hydrogens (tertiary/aromatic N) is 2. The van der Waals surface area contributed by atoms with Crippen LogP contribution in [0.25, 0.3) is 0 Å². The molecule has 1 saturated carbocycles. The number of methoxy groups -OCH3 is 1. The molecule has 2 aromatic heterocycles. The summed E-state index contributed by atoms with van der Waals surface area (Å²) in [5.74, 6) is 3.29. The molecular formula is C21H29N3O. The number of anilines is 2. The predicted molar refractivity (Wildman–Crippen MR) is 102 cm³/mol. The van der Waals surface area contributed by atoms with Gasteiger partial charge in [-0.05, 0) is 54.9 Å². The van der Waals surface area contributed by atoms with Gasteiger partial charge in [-0.2, -0.15) is 0 Å². The molecule has 0 saturated heterocycles. The number of rotatable bonds is 5. The van der Waals surface area contributed by atoms with Crippen LogP contribution in [0.5, 0.6) is 0 Å². The van der Waals surface area contributed by atoms with Crippen LogP contribution in [0.2, 0.25) is 0 Å². The lowest BCUT2D eigenvalue weighted by Crippen LogP contribution is -2.45. The maximum Gasteiger partial charge on any atom is 0.131 e. The summed E-state index contributed by atoms with van der Waals surface area (Å²) in [4.78, 5) is 9.25. The standard InChI is InChI=1S/C21H29N3O/c1-15(2)17-12-11-16(3)14-21(17,25-4)18-8-7-10-20(23-18)24-19-9-5-6-13-22-19/h5-10,13,15-17H,11-12,14H2,1-4H3,(H,22,23,24)/t16-,17+,21-/m1/s1. The van der Waals surface area contributed by atoms with Crippen molar-refractivity contribution in [3.05, 3.63) is 48.3 Å². The van der Waals surface area contributed by atoms with E-state index in [0.29, 0.717) is 17.8 Å². The normalized spacial score (nSPS) is 26.6. The van der Waals surface area contributed by atoms with Crippen molar-refractivity contribution in [2.75, 3.05) is 12.4 Å². The third-order valence-electron chi connectivity index (χ3n) is 5.49. The van der Waals surface area contributed by atoms with Crippen LogP contribution < -0.4 is 5.32 Å². The third kappa shape index (κ3) is 3.69. The molecule has 1 aliphatic carbocycles. The van der Waals surface area contributed by atoms with Crippen molar-refractivity contribution in [3.63, 3.8) is 0 Å². The van der Waals surface area contributed by atoms with E-state index in [1.54, 1.807) is 6.20 Å². The molecule has 0 aromatic carbocycles. The van der Waals surface area contributed by atoms with Gasteiger partial charge in [-0.3, -0.25) is 0 Å². The number of ether oxygens (including phenoxy) is 1. The second-order valence-electron chi connectivity index (χ2n) is 7.58. The number of hydrogen-bond acceptors (Lipinski definition) is 4. The Morgan fingerprint density at radius 2 is 1.92 bits per heavy atom. The molecule has 0 amide bonds. The van der Waals surface area contributed by atoms with Crippen molar-refractivity contribution in [2.24, 2.45) is 17.8 Å². The van der Waals surface area contributed by atoms with Gasteiger partial charge in [-0.1, -0.05) is 39.3 Å². The van der Waals surface area contributed by atoms with Crippen molar-refractivity contribution in [3.8, 4) is 0 Å². The number of aromatic nitrogens is 2. The van der Waals surface area contributed by atoms with E-state index in [4.69, 9.17) is 9.72 Å². The van der Waals surface area contributed by atoms with Crippen LogP contribution in [0.15, 0.2) is 42.6 Å². The van der Waals surface area contributed by atoms with Crippen LogP contribution in [0.3, 0.4) is 0 Å². The van der Waals surface area contributed by atoms with Crippen LogP contribution in [0.1, 0.15) is 45.7 Å². The lowest BCUT2D eigenvalue weighted by molar-refractivity contribution is -0.119. The zero-order chi connectivity index (χ0) is 17.9. The van der Waals surface area contributed by atoms with Crippen molar-refractivity contribution in [2.45, 2.75) is 45.6 Å². The fourth-order valence-electron chi connectivity index (χ4n) is 4.28. The molecule has 134 valence electrons. The van der Waals surface area contributed by atoms with Gasteiger partial charge >= 0.3 is 0 Å². The van der Waals surface area contributed by atoms with E-state index in [9.17, 15) is 0 Å². The van der Waals surface area contributed by atoms with Gasteiger partial charge in [-0.25, -0.2) is 9.97 Å². The highest BCUT2D eigenvalue weighted by Gasteiger charge is 2.47. The largest absolute Gasteiger partial charge is 0.372 e. The highest BCUT2D eigenvalue weighted by molar-refractivity contribution is 5.51. The van der Waals surface area contributed by atoms with Crippen molar-refractivity contribution in [1.29, 1.82) is 0 Å². The minimum absolute atomic E-state index is 0.312. The van der Waals surface area contributed by atoms with Crippen LogP contribution in [0, 0.1) is 17.8 Å². The number of hydrogen-bond donors (Lipinski definition) is 1. The van der Waals surface area contributed by atoms with E-state index >= 15 is 0 Å². The SMILES string of the molecule is CO[C@]1(c2cccc(Nc3ccccn3)n2)C[C@H](C)CC[C@H]1C(C)C. The molecular weight excluding hydrogens is 310 g/mol. The Morgan fingerprint density at radius 1 is 1.12 bits per heavy atom. The van der Waals surface area contributed by atoms with Crippen molar-refractivity contribution < 1.29 is 4.74 Å². The maximum atomic E-state index is 6.21. The fraction of sp³-hybridized carbons (Fsp3) is 0.524. The van der Waals surface area contributed by atoms with E-state index in [0.717, 1.165) is 23.8 Å². The first kappa shape index (κ1) is 17.9. The first-order valence-corrected chi connectivity index (χ1v) is 9.26. The fourth-order valence-corrected chi connectivity index (χ4v) is 4.28. The van der Waals surface area contributed by atoms with Gasteiger partial charge in [0.1, 0.15) is 17.2 Å². The van der Waals surface area contributed by atoms with E-state index in [2.05, 4.69) is 43.2 Å². The second kappa shape index (κ2) is 7.52. The maximum absolute atomic E-state index is 6.21. The van der Waals surface area contributed by atoms with Gasteiger partial charge in [0.2, 0.25) is 0 Å². The Labute approximate surface area is 151 Å². The first-order valence-electron chi connectivity index (χ1n) is 9.26. The Balaban J connectivity index is 1.95. The molecule has 4 nitrogen and oxygen atoms in total. The zero-order valence-electron chi connectivity index (χ0n) is 15.7. The van der Waals surface area contributed by atoms with Gasteiger partial charge in [0, 0.05) is 13.3 Å². The zero-order valence-corrected chi connectivity index (χ0v) is 15.7. The van der Waals surface area contributed by atoms with E-state index in [-0.39, 0.29) is 5.60 Å². The Hall–Kier alpha value is -1.94. The molecule has 0 radical (unpaired) electrons. The van der Waals surface area contributed by atoms with Gasteiger partial charge < -0.3 is 10.1 Å². The summed E-state index contributed by atoms with van der Waals surface area (Å²) in [7, 11) is 1.84. The molecule has 1 aliphatic rings. The van der Waals surface area contributed by atoms with Crippen LogP contribution in [0.4, 0.5) is 11.6 Å². The molecule has 0 spiro atoms. The Morgan fingerprint density at radius 3 is 2.60 bits per heavy atom. The molecule has 0 aliphatic heterocycles. The summed E-state index contributed by atoms with van der Waals surface area (Å²) in [6.45, 7) is 6.91. The van der Waals surface area contributed by atoms with Crippen LogP contribution >= 0.6 is 0 Å². The van der Waals surface area contributed by atoms with Crippen molar-refractivity contribution >= 4 is 11.6 Å². The summed E-state index contributed by atoms with van der Waals surface area (Å²) in [5.41, 5.74) is 0.717. The molecule has 1 fully saturated rings. The average Bonchev–Trinajstić information content (AvgIpc) is 2.62. The first-order chi connectivity index (χ1) is 12.0. The quantitative estimate of drug-likeness (QED) is 0.818. The highest BCUT2D eigenvalue weighted by Crippen LogP contribution is 2.49. The van der Waals surface area contributed by atoms with Gasteiger partial charge in [-0.15, -0.1) is 0 Å². The lowest BCUT2D eigenvalue weighted by Gasteiger charge is -2.47. The highest BCUT2D eigenvalue weighted by atomic mass is 16.5. The minimum atomic E-state index is -0.312. The molecule has 0 unspecified atom stereocenters. The Kier molecular flexibility index (Phi) is 5.38. The van der Waals surface area contributed by atoms with E-state index in [1.807, 2.05) is 31.4 Å². The lowest BCUT2D eigenvalue weighted by atomic mass is 9.65. The smallest absolute Gasteiger partial charge is 0.131 e. The van der Waals surface area contributed by atoms with Gasteiger partial charge in [0.15, 0.2) is 0 Å². The van der Waals surface area contributed by atoms with Gasteiger partial charge in [0.25, 0.3) is 0 Å². The van der Waals surface area contributed by atoms with Crippen LogP contribution in [-0.2, 0) is 10.3 Å². The summed E-state index contributed by atoms with van der Waals surface area (Å²) in [5, 5.41) is 3.30. The molecule has 3 rings (SSSR count). The summed E-state index contributed by atoms with van der Waals surface area (Å²) >= 11 is 0. The molecule has 4 heteroatoms. The van der Waals surface area contributed by atoms with Crippen LogP contribution in [-0.4, -0.2) is 17.1 Å². The summed E-state index contributed by atoms with van der Waals surface area (Å²) in [6.07, 6.45) is 5.25. The molecule has 2 aromatic rings. The number of nitrogens with one attached hydrogen (secondary N) is 1. The van der Waals surface area contributed by atoms with E-state index in [1.165, 1.54) is 12.8 Å². The molecule has 2 heterocycles. The Bertz CT molecular complexity index is 689. The minimum Gasteiger partial charge on any atom is -0.372 e. The molecule has 25 heavy (non-hydrogen) atoms. The van der Waals surface area contributed by atoms with E-state index < -0.39 is 0 Å². The molecule has 0 bridgehead atoms. The monoisotopic (exact) mass is 339 g/mol. The summed E-state index contributed by atoms with van der Waals surface area (Å²) in [6, 6.07) is 12.0.